The monoisotopic (exact) mass is 384 g/mol. The van der Waals surface area contributed by atoms with E-state index in [4.69, 9.17) is 0 Å². The standard InChI is InChI=1S/C16H11F3N2O2S2/c17-16(18,19)9-23-11-4-1-3-10(7-11)21-14(22)13-8-20-15(25-13)12-5-2-6-24-12/h1-8H,9H2,(H,21,22). The second-order valence-corrected chi connectivity index (χ2v) is 6.87. The first kappa shape index (κ1) is 17.4. The van der Waals surface area contributed by atoms with Crippen LogP contribution in [-0.2, 0) is 0 Å². The summed E-state index contributed by atoms with van der Waals surface area (Å²) in [6, 6.07) is 9.61. The summed E-state index contributed by atoms with van der Waals surface area (Å²) < 4.78 is 41.2. The van der Waals surface area contributed by atoms with E-state index in [-0.39, 0.29) is 11.7 Å². The van der Waals surface area contributed by atoms with E-state index in [0.29, 0.717) is 10.6 Å². The zero-order valence-corrected chi connectivity index (χ0v) is 14.2. The average molecular weight is 384 g/mol. The lowest BCUT2D eigenvalue weighted by molar-refractivity contribution is -0.153. The number of thiazole rings is 1. The van der Waals surface area contributed by atoms with Crippen LogP contribution in [-0.4, -0.2) is 23.7 Å². The Bertz CT molecular complexity index is 860. The van der Waals surface area contributed by atoms with Gasteiger partial charge in [-0.15, -0.1) is 22.7 Å². The molecule has 0 radical (unpaired) electrons. The fourth-order valence-corrected chi connectivity index (χ4v) is 3.53. The first-order valence-corrected chi connectivity index (χ1v) is 8.71. The molecule has 1 N–H and O–H groups in total. The summed E-state index contributed by atoms with van der Waals surface area (Å²) in [6.07, 6.45) is -2.95. The van der Waals surface area contributed by atoms with Gasteiger partial charge in [0.2, 0.25) is 0 Å². The van der Waals surface area contributed by atoms with Crippen LogP contribution in [0, 0.1) is 0 Å². The Balaban J connectivity index is 1.67. The molecule has 3 aromatic rings. The number of benzene rings is 1. The Kier molecular flexibility index (Phi) is 5.05. The van der Waals surface area contributed by atoms with Gasteiger partial charge in [0.25, 0.3) is 5.91 Å². The highest BCUT2D eigenvalue weighted by molar-refractivity contribution is 7.22. The molecule has 0 aliphatic heterocycles. The number of hydrogen-bond acceptors (Lipinski definition) is 5. The van der Waals surface area contributed by atoms with Crippen molar-refractivity contribution in [1.29, 1.82) is 0 Å². The van der Waals surface area contributed by atoms with Crippen LogP contribution in [0.25, 0.3) is 9.88 Å². The summed E-state index contributed by atoms with van der Waals surface area (Å²) in [4.78, 5) is 17.9. The van der Waals surface area contributed by atoms with Gasteiger partial charge < -0.3 is 10.1 Å². The number of nitrogens with one attached hydrogen (secondary N) is 1. The van der Waals surface area contributed by atoms with E-state index in [1.54, 1.807) is 6.07 Å². The van der Waals surface area contributed by atoms with E-state index in [1.807, 2.05) is 17.5 Å². The molecule has 1 amide bonds. The molecule has 0 unspecified atom stereocenters. The molecule has 0 fully saturated rings. The van der Waals surface area contributed by atoms with Crippen LogP contribution in [0.1, 0.15) is 9.67 Å². The Hall–Kier alpha value is -2.39. The lowest BCUT2D eigenvalue weighted by atomic mass is 10.3. The topological polar surface area (TPSA) is 51.2 Å². The van der Waals surface area contributed by atoms with Crippen molar-refractivity contribution < 1.29 is 22.7 Å². The zero-order valence-electron chi connectivity index (χ0n) is 12.5. The zero-order chi connectivity index (χ0) is 17.9. The van der Waals surface area contributed by atoms with E-state index < -0.39 is 12.8 Å². The number of carbonyl (C=O) groups is 1. The van der Waals surface area contributed by atoms with Crippen molar-refractivity contribution >= 4 is 34.3 Å². The molecule has 0 atom stereocenters. The van der Waals surface area contributed by atoms with E-state index in [0.717, 1.165) is 9.88 Å². The number of halogens is 3. The van der Waals surface area contributed by atoms with Crippen molar-refractivity contribution in [3.8, 4) is 15.6 Å². The number of carbonyl (C=O) groups excluding carboxylic acids is 1. The molecule has 9 heteroatoms. The van der Waals surface area contributed by atoms with Gasteiger partial charge in [0, 0.05) is 11.8 Å². The highest BCUT2D eigenvalue weighted by Gasteiger charge is 2.28. The fourth-order valence-electron chi connectivity index (χ4n) is 1.91. The maximum absolute atomic E-state index is 12.3. The normalized spacial score (nSPS) is 11.3. The summed E-state index contributed by atoms with van der Waals surface area (Å²) in [5, 5.41) is 5.29. The third-order valence-corrected chi connectivity index (χ3v) is 4.99. The highest BCUT2D eigenvalue weighted by Crippen LogP contribution is 2.29. The summed E-state index contributed by atoms with van der Waals surface area (Å²) in [5.74, 6) is -0.355. The van der Waals surface area contributed by atoms with Crippen LogP contribution in [0.5, 0.6) is 5.75 Å². The third-order valence-electron chi connectivity index (χ3n) is 2.96. The molecule has 130 valence electrons. The largest absolute Gasteiger partial charge is 0.484 e. The van der Waals surface area contributed by atoms with E-state index in [9.17, 15) is 18.0 Å². The second kappa shape index (κ2) is 7.24. The first-order chi connectivity index (χ1) is 11.9. The number of thiophene rings is 1. The van der Waals surface area contributed by atoms with Crippen molar-refractivity contribution in [3.05, 3.63) is 52.9 Å². The minimum atomic E-state index is -4.42. The first-order valence-electron chi connectivity index (χ1n) is 7.01. The Morgan fingerprint density at radius 3 is 2.80 bits per heavy atom. The van der Waals surface area contributed by atoms with Gasteiger partial charge in [0.05, 0.1) is 11.1 Å². The lowest BCUT2D eigenvalue weighted by Crippen LogP contribution is -2.19. The molecule has 1 aromatic carbocycles. The maximum atomic E-state index is 12.3. The van der Waals surface area contributed by atoms with Crippen LogP contribution in [0.15, 0.2) is 48.0 Å². The van der Waals surface area contributed by atoms with Crippen LogP contribution >= 0.6 is 22.7 Å². The Morgan fingerprint density at radius 1 is 1.24 bits per heavy atom. The van der Waals surface area contributed by atoms with Crippen LogP contribution in [0.3, 0.4) is 0 Å². The number of rotatable bonds is 5. The van der Waals surface area contributed by atoms with Gasteiger partial charge in [0.15, 0.2) is 6.61 Å². The molecular weight excluding hydrogens is 373 g/mol. The molecule has 0 spiro atoms. The average Bonchev–Trinajstić information content (AvgIpc) is 3.23. The fraction of sp³-hybridized carbons (Fsp3) is 0.125. The molecular formula is C16H11F3N2O2S2. The lowest BCUT2D eigenvalue weighted by Gasteiger charge is -2.10. The summed E-state index contributed by atoms with van der Waals surface area (Å²) in [7, 11) is 0. The number of aromatic nitrogens is 1. The van der Waals surface area contributed by atoms with E-state index in [2.05, 4.69) is 15.0 Å². The molecule has 25 heavy (non-hydrogen) atoms. The smallest absolute Gasteiger partial charge is 0.422 e. The van der Waals surface area contributed by atoms with Gasteiger partial charge in [-0.2, -0.15) is 13.2 Å². The second-order valence-electron chi connectivity index (χ2n) is 4.89. The summed E-state index contributed by atoms with van der Waals surface area (Å²) in [5.41, 5.74) is 0.343. The molecule has 0 aliphatic rings. The SMILES string of the molecule is O=C(Nc1cccc(OCC(F)(F)F)c1)c1cnc(-c2cccs2)s1. The summed E-state index contributed by atoms with van der Waals surface area (Å²) >= 11 is 2.77. The van der Waals surface area contributed by atoms with Crippen molar-refractivity contribution in [2.75, 3.05) is 11.9 Å². The molecule has 2 aromatic heterocycles. The Labute approximate surface area is 148 Å². The van der Waals surface area contributed by atoms with Crippen LogP contribution in [0.4, 0.5) is 18.9 Å². The van der Waals surface area contributed by atoms with Gasteiger partial charge >= 0.3 is 6.18 Å². The predicted octanol–water partition coefficient (Wildman–Crippen LogP) is 5.07. The highest BCUT2D eigenvalue weighted by atomic mass is 32.1. The number of amides is 1. The van der Waals surface area contributed by atoms with Gasteiger partial charge in [-0.05, 0) is 23.6 Å². The molecule has 0 saturated heterocycles. The number of ether oxygens (including phenoxy) is 1. The molecule has 2 heterocycles. The van der Waals surface area contributed by atoms with Gasteiger partial charge in [-0.25, -0.2) is 4.98 Å². The number of nitrogens with zero attached hydrogens (tertiary/aromatic N) is 1. The van der Waals surface area contributed by atoms with E-state index >= 15 is 0 Å². The van der Waals surface area contributed by atoms with Gasteiger partial charge in [-0.1, -0.05) is 12.1 Å². The minimum absolute atomic E-state index is 0.0266. The quantitative estimate of drug-likeness (QED) is 0.669. The molecule has 0 aliphatic carbocycles. The molecule has 4 nitrogen and oxygen atoms in total. The number of hydrogen-bond donors (Lipinski definition) is 1. The van der Waals surface area contributed by atoms with Crippen LogP contribution < -0.4 is 10.1 Å². The molecule has 3 rings (SSSR count). The number of alkyl halides is 3. The van der Waals surface area contributed by atoms with Crippen LogP contribution in [0.2, 0.25) is 0 Å². The van der Waals surface area contributed by atoms with Crippen molar-refractivity contribution in [2.24, 2.45) is 0 Å². The predicted molar refractivity (Wildman–Crippen MR) is 91.4 cm³/mol. The molecule has 0 bridgehead atoms. The third kappa shape index (κ3) is 4.80. The van der Waals surface area contributed by atoms with Crippen molar-refractivity contribution in [2.45, 2.75) is 6.18 Å². The number of anilines is 1. The summed E-state index contributed by atoms with van der Waals surface area (Å²) in [6.45, 7) is -1.39. The van der Waals surface area contributed by atoms with Gasteiger partial charge in [-0.3, -0.25) is 4.79 Å². The Morgan fingerprint density at radius 2 is 2.08 bits per heavy atom. The van der Waals surface area contributed by atoms with Gasteiger partial charge in [0.1, 0.15) is 15.6 Å². The molecule has 0 saturated carbocycles. The minimum Gasteiger partial charge on any atom is -0.484 e. The van der Waals surface area contributed by atoms with E-state index in [1.165, 1.54) is 47.1 Å². The maximum Gasteiger partial charge on any atom is 0.422 e. The van der Waals surface area contributed by atoms with Crippen molar-refractivity contribution in [1.82, 2.24) is 4.98 Å². The van der Waals surface area contributed by atoms with Crippen molar-refractivity contribution in [3.63, 3.8) is 0 Å².